The number of hydrogen-bond acceptors (Lipinski definition) is 3. The van der Waals surface area contributed by atoms with E-state index in [1.54, 1.807) is 0 Å². The van der Waals surface area contributed by atoms with Crippen molar-refractivity contribution in [3.63, 3.8) is 0 Å². The summed E-state index contributed by atoms with van der Waals surface area (Å²) >= 11 is 2.03. The molecule has 1 heterocycles. The summed E-state index contributed by atoms with van der Waals surface area (Å²) in [5, 5.41) is 3.29. The van der Waals surface area contributed by atoms with Gasteiger partial charge in [0.25, 0.3) is 0 Å². The van der Waals surface area contributed by atoms with Crippen LogP contribution >= 0.6 is 11.8 Å². The largest absolute Gasteiger partial charge is 0.342 e. The number of carbonyl (C=O) groups excluding carboxylic acids is 1. The van der Waals surface area contributed by atoms with E-state index in [1.165, 1.54) is 30.8 Å². The molecule has 0 bridgehead atoms. The van der Waals surface area contributed by atoms with Crippen LogP contribution in [0.25, 0.3) is 0 Å². The Morgan fingerprint density at radius 2 is 2.27 bits per heavy atom. The SMILES string of the molecule is CN(C(=O)CNCC1CCSC1)C1CC1. The van der Waals surface area contributed by atoms with Crippen molar-refractivity contribution in [2.45, 2.75) is 25.3 Å². The lowest BCUT2D eigenvalue weighted by Crippen LogP contribution is -2.38. The second kappa shape index (κ2) is 5.21. The molecule has 86 valence electrons. The molecule has 4 heteroatoms. The van der Waals surface area contributed by atoms with Crippen LogP contribution < -0.4 is 5.32 Å². The molecule has 1 saturated carbocycles. The normalized spacial score (nSPS) is 25.5. The van der Waals surface area contributed by atoms with Gasteiger partial charge in [-0.1, -0.05) is 0 Å². The fraction of sp³-hybridized carbons (Fsp3) is 0.909. The molecular weight excluding hydrogens is 208 g/mol. The Labute approximate surface area is 96.0 Å². The second-order valence-electron chi connectivity index (χ2n) is 4.60. The van der Waals surface area contributed by atoms with E-state index in [-0.39, 0.29) is 5.91 Å². The summed E-state index contributed by atoms with van der Waals surface area (Å²) in [6.07, 6.45) is 3.70. The third-order valence-corrected chi connectivity index (χ3v) is 4.45. The van der Waals surface area contributed by atoms with Crippen LogP contribution in [0.1, 0.15) is 19.3 Å². The first-order valence-electron chi connectivity index (χ1n) is 5.81. The van der Waals surface area contributed by atoms with Crippen molar-refractivity contribution in [2.75, 3.05) is 31.6 Å². The molecule has 2 aliphatic rings. The summed E-state index contributed by atoms with van der Waals surface area (Å²) in [6, 6.07) is 0.543. The van der Waals surface area contributed by atoms with Gasteiger partial charge < -0.3 is 10.2 Å². The average Bonchev–Trinajstić information content (AvgIpc) is 2.96. The van der Waals surface area contributed by atoms with Gasteiger partial charge in [-0.15, -0.1) is 0 Å². The van der Waals surface area contributed by atoms with E-state index < -0.39 is 0 Å². The van der Waals surface area contributed by atoms with Gasteiger partial charge in [0.15, 0.2) is 0 Å². The monoisotopic (exact) mass is 228 g/mol. The molecular formula is C11H20N2OS. The van der Waals surface area contributed by atoms with E-state index >= 15 is 0 Å². The van der Waals surface area contributed by atoms with Gasteiger partial charge >= 0.3 is 0 Å². The Morgan fingerprint density at radius 1 is 1.47 bits per heavy atom. The maximum Gasteiger partial charge on any atom is 0.236 e. The standard InChI is InChI=1S/C11H20N2OS/c1-13(10-2-3-10)11(14)7-12-6-9-4-5-15-8-9/h9-10,12H,2-8H2,1H3. The van der Waals surface area contributed by atoms with Crippen LogP contribution in [0.4, 0.5) is 0 Å². The fourth-order valence-corrected chi connectivity index (χ4v) is 3.20. The molecule has 2 rings (SSSR count). The third-order valence-electron chi connectivity index (χ3n) is 3.22. The van der Waals surface area contributed by atoms with E-state index in [0.29, 0.717) is 12.6 Å². The summed E-state index contributed by atoms with van der Waals surface area (Å²) in [4.78, 5) is 13.6. The van der Waals surface area contributed by atoms with E-state index in [2.05, 4.69) is 5.32 Å². The zero-order valence-electron chi connectivity index (χ0n) is 9.37. The maximum absolute atomic E-state index is 11.7. The molecule has 1 atom stereocenters. The molecule has 0 radical (unpaired) electrons. The first kappa shape index (κ1) is 11.3. The minimum absolute atomic E-state index is 0.253. The first-order chi connectivity index (χ1) is 7.27. The molecule has 0 aromatic carbocycles. The molecule has 1 amide bonds. The Hall–Kier alpha value is -0.220. The molecule has 15 heavy (non-hydrogen) atoms. The van der Waals surface area contributed by atoms with E-state index in [4.69, 9.17) is 0 Å². The van der Waals surface area contributed by atoms with Gasteiger partial charge in [0, 0.05) is 13.1 Å². The van der Waals surface area contributed by atoms with Gasteiger partial charge in [-0.2, -0.15) is 11.8 Å². The van der Waals surface area contributed by atoms with Gasteiger partial charge in [0.2, 0.25) is 5.91 Å². The van der Waals surface area contributed by atoms with Crippen LogP contribution in [0.3, 0.4) is 0 Å². The smallest absolute Gasteiger partial charge is 0.236 e. The number of hydrogen-bond donors (Lipinski definition) is 1. The molecule has 0 aromatic heterocycles. The second-order valence-corrected chi connectivity index (χ2v) is 5.75. The van der Waals surface area contributed by atoms with E-state index in [1.807, 2.05) is 23.7 Å². The van der Waals surface area contributed by atoms with Crippen molar-refractivity contribution >= 4 is 17.7 Å². The lowest BCUT2D eigenvalue weighted by molar-refractivity contribution is -0.129. The number of rotatable bonds is 5. The summed E-state index contributed by atoms with van der Waals surface area (Å²) in [7, 11) is 1.92. The summed E-state index contributed by atoms with van der Waals surface area (Å²) in [6.45, 7) is 1.53. The van der Waals surface area contributed by atoms with E-state index in [0.717, 1.165) is 12.5 Å². The first-order valence-corrected chi connectivity index (χ1v) is 6.97. The van der Waals surface area contributed by atoms with Gasteiger partial charge in [-0.3, -0.25) is 4.79 Å². The van der Waals surface area contributed by atoms with Crippen molar-refractivity contribution in [1.29, 1.82) is 0 Å². The van der Waals surface area contributed by atoms with Gasteiger partial charge in [-0.05, 0) is 43.2 Å². The van der Waals surface area contributed by atoms with Gasteiger partial charge in [0.05, 0.1) is 6.54 Å². The van der Waals surface area contributed by atoms with Crippen LogP contribution in [-0.2, 0) is 4.79 Å². The summed E-state index contributed by atoms with van der Waals surface area (Å²) in [5.41, 5.74) is 0. The lowest BCUT2D eigenvalue weighted by Gasteiger charge is -2.17. The van der Waals surface area contributed by atoms with Crippen LogP contribution in [-0.4, -0.2) is 48.5 Å². The molecule has 1 aliphatic carbocycles. The molecule has 1 saturated heterocycles. The van der Waals surface area contributed by atoms with E-state index in [9.17, 15) is 4.79 Å². The predicted octanol–water partition coefficient (Wildman–Crippen LogP) is 0.950. The number of nitrogens with one attached hydrogen (secondary N) is 1. The Bertz CT molecular complexity index is 225. The van der Waals surface area contributed by atoms with Crippen molar-refractivity contribution in [2.24, 2.45) is 5.92 Å². The van der Waals surface area contributed by atoms with Crippen molar-refractivity contribution in [3.05, 3.63) is 0 Å². The fourth-order valence-electron chi connectivity index (χ4n) is 1.92. The van der Waals surface area contributed by atoms with Crippen molar-refractivity contribution < 1.29 is 4.79 Å². The highest BCUT2D eigenvalue weighted by Crippen LogP contribution is 2.25. The van der Waals surface area contributed by atoms with Crippen molar-refractivity contribution in [3.8, 4) is 0 Å². The minimum Gasteiger partial charge on any atom is -0.342 e. The number of likely N-dealkylation sites (N-methyl/N-ethyl adjacent to an activating group) is 1. The molecule has 1 N–H and O–H groups in total. The molecule has 1 unspecified atom stereocenters. The molecule has 1 aliphatic heterocycles. The molecule has 2 fully saturated rings. The topological polar surface area (TPSA) is 32.3 Å². The highest BCUT2D eigenvalue weighted by atomic mass is 32.2. The molecule has 0 aromatic rings. The number of nitrogens with zero attached hydrogens (tertiary/aromatic N) is 1. The zero-order valence-corrected chi connectivity index (χ0v) is 10.2. The Kier molecular flexibility index (Phi) is 3.92. The Balaban J connectivity index is 1.58. The third kappa shape index (κ3) is 3.38. The number of carbonyl (C=O) groups is 1. The van der Waals surface area contributed by atoms with Crippen LogP contribution in [0, 0.1) is 5.92 Å². The molecule has 3 nitrogen and oxygen atoms in total. The average molecular weight is 228 g/mol. The quantitative estimate of drug-likeness (QED) is 0.760. The van der Waals surface area contributed by atoms with Gasteiger partial charge in [-0.25, -0.2) is 0 Å². The van der Waals surface area contributed by atoms with Crippen LogP contribution in [0.2, 0.25) is 0 Å². The summed E-state index contributed by atoms with van der Waals surface area (Å²) < 4.78 is 0. The Morgan fingerprint density at radius 3 is 2.87 bits per heavy atom. The number of thioether (sulfide) groups is 1. The van der Waals surface area contributed by atoms with Crippen molar-refractivity contribution in [1.82, 2.24) is 10.2 Å². The zero-order chi connectivity index (χ0) is 10.7. The lowest BCUT2D eigenvalue weighted by atomic mass is 10.1. The molecule has 0 spiro atoms. The van der Waals surface area contributed by atoms with Gasteiger partial charge in [0.1, 0.15) is 0 Å². The van der Waals surface area contributed by atoms with Crippen LogP contribution in [0.5, 0.6) is 0 Å². The number of amides is 1. The highest BCUT2D eigenvalue weighted by Gasteiger charge is 2.29. The summed E-state index contributed by atoms with van der Waals surface area (Å²) in [5.74, 6) is 3.60. The maximum atomic E-state index is 11.7. The van der Waals surface area contributed by atoms with Crippen LogP contribution in [0.15, 0.2) is 0 Å². The predicted molar refractivity (Wildman–Crippen MR) is 64.1 cm³/mol. The minimum atomic E-state index is 0.253. The highest BCUT2D eigenvalue weighted by molar-refractivity contribution is 7.99.